The number of hydrazone groups is 1. The normalized spacial score (nSPS) is 16.0. The van der Waals surface area contributed by atoms with Crippen LogP contribution in [0.5, 0.6) is 5.75 Å². The highest BCUT2D eigenvalue weighted by atomic mass is 32.2. The Kier molecular flexibility index (Phi) is 7.68. The Bertz CT molecular complexity index is 1690. The molecular weight excluding hydrogens is 559 g/mol. The zero-order chi connectivity index (χ0) is 28.5. The molecule has 1 unspecified atom stereocenters. The monoisotopic (exact) mass is 586 g/mol. The molecule has 10 heteroatoms. The summed E-state index contributed by atoms with van der Waals surface area (Å²) < 4.78 is 20.6. The van der Waals surface area contributed by atoms with Gasteiger partial charge in [0.25, 0.3) is 11.5 Å². The topological polar surface area (TPSA) is 76.8 Å². The van der Waals surface area contributed by atoms with E-state index in [0.29, 0.717) is 22.2 Å². The molecule has 2 aliphatic rings. The van der Waals surface area contributed by atoms with Crippen molar-refractivity contribution in [3.8, 4) is 11.4 Å². The first kappa shape index (κ1) is 27.3. The van der Waals surface area contributed by atoms with Crippen LogP contribution in [0.4, 0.5) is 4.39 Å². The van der Waals surface area contributed by atoms with Crippen LogP contribution >= 0.6 is 23.5 Å². The van der Waals surface area contributed by atoms with Gasteiger partial charge in [-0.1, -0.05) is 41.6 Å². The maximum atomic E-state index is 13.7. The van der Waals surface area contributed by atoms with Crippen LogP contribution in [0.25, 0.3) is 5.69 Å². The van der Waals surface area contributed by atoms with E-state index < -0.39 is 0 Å². The molecular formula is C31H27FN4O3S2. The summed E-state index contributed by atoms with van der Waals surface area (Å²) in [5, 5.41) is 6.69. The van der Waals surface area contributed by atoms with Gasteiger partial charge in [-0.25, -0.2) is 14.4 Å². The van der Waals surface area contributed by atoms with Crippen molar-refractivity contribution >= 4 is 35.1 Å². The minimum absolute atomic E-state index is 0.0291. The first-order chi connectivity index (χ1) is 19.9. The largest absolute Gasteiger partial charge is 0.497 e. The molecule has 0 aliphatic carbocycles. The van der Waals surface area contributed by atoms with E-state index in [1.165, 1.54) is 40.7 Å². The molecule has 2 aliphatic heterocycles. The number of nitrogens with zero attached hydrogens (tertiary/aromatic N) is 4. The highest BCUT2D eigenvalue weighted by Gasteiger charge is 2.33. The number of aryl methyl sites for hydroxylation is 2. The molecule has 0 bridgehead atoms. The summed E-state index contributed by atoms with van der Waals surface area (Å²) in [6, 6.07) is 21.0. The second-order valence-corrected chi connectivity index (χ2v) is 11.9. The Hall–Kier alpha value is -3.89. The molecule has 0 spiro atoms. The zero-order valence-corrected chi connectivity index (χ0v) is 24.2. The Morgan fingerprint density at radius 2 is 1.80 bits per heavy atom. The van der Waals surface area contributed by atoms with Gasteiger partial charge < -0.3 is 4.74 Å². The minimum Gasteiger partial charge on any atom is -0.497 e. The standard InChI is InChI=1S/C31H27FN4O3S2/c1-19-3-11-23(12-4-19)35-30(38)29-25(15-16-40-29)33-31(35)41-18-28(37)36-27(21-5-9-22(32)10-6-21)17-26(34-36)20-7-13-24(39-2)14-8-20/h3-14,27H,15-18H2,1-2H3. The van der Waals surface area contributed by atoms with Crippen molar-refractivity contribution in [3.63, 3.8) is 0 Å². The van der Waals surface area contributed by atoms with Crippen LogP contribution in [0.15, 0.2) is 92.7 Å². The highest BCUT2D eigenvalue weighted by molar-refractivity contribution is 8.00. The van der Waals surface area contributed by atoms with Gasteiger partial charge in [-0.2, -0.15) is 5.10 Å². The van der Waals surface area contributed by atoms with Crippen molar-refractivity contribution in [2.75, 3.05) is 18.6 Å². The second-order valence-electron chi connectivity index (χ2n) is 9.82. The fraction of sp³-hybridized carbons (Fsp3) is 0.226. The summed E-state index contributed by atoms with van der Waals surface area (Å²) in [4.78, 5) is 32.7. The number of aromatic nitrogens is 2. The van der Waals surface area contributed by atoms with Crippen molar-refractivity contribution in [2.24, 2.45) is 5.10 Å². The average molecular weight is 587 g/mol. The molecule has 3 aromatic carbocycles. The quantitative estimate of drug-likeness (QED) is 0.201. The summed E-state index contributed by atoms with van der Waals surface area (Å²) in [5.41, 5.74) is 4.90. The average Bonchev–Trinajstić information content (AvgIpc) is 3.65. The molecule has 1 amide bonds. The van der Waals surface area contributed by atoms with Crippen molar-refractivity contribution < 1.29 is 13.9 Å². The number of rotatable bonds is 7. The third-order valence-corrected chi connectivity index (χ3v) is 9.16. The summed E-state index contributed by atoms with van der Waals surface area (Å²) in [7, 11) is 1.61. The number of thioether (sulfide) groups is 2. The fourth-order valence-corrected chi connectivity index (χ4v) is 6.85. The van der Waals surface area contributed by atoms with E-state index in [2.05, 4.69) is 0 Å². The van der Waals surface area contributed by atoms with Gasteiger partial charge in [-0.15, -0.1) is 11.8 Å². The van der Waals surface area contributed by atoms with E-state index in [4.69, 9.17) is 14.8 Å². The number of halogens is 1. The summed E-state index contributed by atoms with van der Waals surface area (Å²) in [6.07, 6.45) is 1.20. The molecule has 0 saturated heterocycles. The molecule has 4 aromatic rings. The SMILES string of the molecule is COc1ccc(C2=NN(C(=O)CSc3nc4c(c(=O)n3-c3ccc(C)cc3)SCC4)C(c3ccc(F)cc3)C2)cc1. The van der Waals surface area contributed by atoms with Gasteiger partial charge in [-0.3, -0.25) is 14.2 Å². The number of fused-ring (bicyclic) bond motifs is 1. The second kappa shape index (κ2) is 11.5. The predicted octanol–water partition coefficient (Wildman–Crippen LogP) is 5.81. The van der Waals surface area contributed by atoms with Crippen LogP contribution in [0, 0.1) is 12.7 Å². The van der Waals surface area contributed by atoms with Gasteiger partial charge in [0.05, 0.1) is 40.9 Å². The lowest BCUT2D eigenvalue weighted by molar-refractivity contribution is -0.130. The molecule has 208 valence electrons. The Labute approximate surface area is 245 Å². The number of benzene rings is 3. The Balaban J connectivity index is 1.31. The van der Waals surface area contributed by atoms with Crippen molar-refractivity contribution in [2.45, 2.75) is 35.9 Å². The van der Waals surface area contributed by atoms with Crippen LogP contribution in [-0.4, -0.2) is 44.8 Å². The Morgan fingerprint density at radius 3 is 2.51 bits per heavy atom. The number of carbonyl (C=O) groups is 1. The third kappa shape index (κ3) is 5.54. The lowest BCUT2D eigenvalue weighted by atomic mass is 9.98. The molecule has 6 rings (SSSR count). The maximum Gasteiger partial charge on any atom is 0.272 e. The van der Waals surface area contributed by atoms with Gasteiger partial charge in [0.1, 0.15) is 11.6 Å². The molecule has 41 heavy (non-hydrogen) atoms. The van der Waals surface area contributed by atoms with Crippen LogP contribution in [0.2, 0.25) is 0 Å². The molecule has 3 heterocycles. The molecule has 0 saturated carbocycles. The van der Waals surface area contributed by atoms with E-state index in [0.717, 1.165) is 46.0 Å². The summed E-state index contributed by atoms with van der Waals surface area (Å²) in [6.45, 7) is 1.99. The number of amides is 1. The van der Waals surface area contributed by atoms with E-state index in [9.17, 15) is 14.0 Å². The highest BCUT2D eigenvalue weighted by Crippen LogP contribution is 2.35. The number of methoxy groups -OCH3 is 1. The predicted molar refractivity (Wildman–Crippen MR) is 160 cm³/mol. The first-order valence-electron chi connectivity index (χ1n) is 13.2. The zero-order valence-electron chi connectivity index (χ0n) is 22.5. The Morgan fingerprint density at radius 1 is 1.07 bits per heavy atom. The van der Waals surface area contributed by atoms with Crippen LogP contribution in [0.3, 0.4) is 0 Å². The summed E-state index contributed by atoms with van der Waals surface area (Å²) in [5.74, 6) is 1.00. The van der Waals surface area contributed by atoms with Crippen LogP contribution < -0.4 is 10.3 Å². The number of carbonyl (C=O) groups excluding carboxylic acids is 1. The van der Waals surface area contributed by atoms with Crippen molar-refractivity contribution in [3.05, 3.63) is 111 Å². The molecule has 1 aromatic heterocycles. The van der Waals surface area contributed by atoms with Crippen molar-refractivity contribution in [1.82, 2.24) is 14.6 Å². The molecule has 0 N–H and O–H groups in total. The van der Waals surface area contributed by atoms with Gasteiger partial charge in [0.2, 0.25) is 0 Å². The van der Waals surface area contributed by atoms with Gasteiger partial charge in [0, 0.05) is 18.6 Å². The van der Waals surface area contributed by atoms with E-state index >= 15 is 0 Å². The third-order valence-electron chi connectivity index (χ3n) is 7.13. The lowest BCUT2D eigenvalue weighted by Crippen LogP contribution is -2.29. The molecule has 0 radical (unpaired) electrons. The van der Waals surface area contributed by atoms with Gasteiger partial charge in [-0.05, 0) is 66.6 Å². The molecule has 7 nitrogen and oxygen atoms in total. The fourth-order valence-electron chi connectivity index (χ4n) is 4.95. The maximum absolute atomic E-state index is 13.7. The van der Waals surface area contributed by atoms with Crippen LogP contribution in [-0.2, 0) is 11.2 Å². The van der Waals surface area contributed by atoms with Crippen molar-refractivity contribution in [1.29, 1.82) is 0 Å². The van der Waals surface area contributed by atoms with Crippen LogP contribution in [0.1, 0.15) is 34.8 Å². The molecule has 1 atom stereocenters. The van der Waals surface area contributed by atoms with Gasteiger partial charge in [0.15, 0.2) is 5.16 Å². The van der Waals surface area contributed by atoms with E-state index in [-0.39, 0.29) is 29.1 Å². The first-order valence-corrected chi connectivity index (χ1v) is 15.2. The van der Waals surface area contributed by atoms with Gasteiger partial charge >= 0.3 is 0 Å². The number of hydrogen-bond acceptors (Lipinski definition) is 7. The molecule has 0 fully saturated rings. The van der Waals surface area contributed by atoms with E-state index in [1.54, 1.807) is 23.8 Å². The lowest BCUT2D eigenvalue weighted by Gasteiger charge is -2.22. The number of hydrogen-bond donors (Lipinski definition) is 0. The summed E-state index contributed by atoms with van der Waals surface area (Å²) >= 11 is 2.76. The smallest absolute Gasteiger partial charge is 0.272 e. The minimum atomic E-state index is -0.385. The number of ether oxygens (including phenoxy) is 1. The van der Waals surface area contributed by atoms with E-state index in [1.807, 2.05) is 55.5 Å².